The number of carbonyl (C=O) groups is 1. The number of carboxylic acid groups (broad SMARTS) is 1. The second-order valence-electron chi connectivity index (χ2n) is 6.45. The van der Waals surface area contributed by atoms with Crippen molar-refractivity contribution in [1.82, 2.24) is 14.9 Å². The third-order valence-electron chi connectivity index (χ3n) is 4.74. The van der Waals surface area contributed by atoms with Crippen molar-refractivity contribution >= 4 is 34.3 Å². The lowest BCUT2D eigenvalue weighted by Crippen LogP contribution is -2.25. The average molecular weight is 398 g/mol. The van der Waals surface area contributed by atoms with Gasteiger partial charge in [0.1, 0.15) is 39.3 Å². The lowest BCUT2D eigenvalue weighted by atomic mass is 10.1. The number of likely N-dealkylation sites (N-methyl/N-ethyl adjacent to an activating group) is 1. The summed E-state index contributed by atoms with van der Waals surface area (Å²) in [4.78, 5) is 26.5. The van der Waals surface area contributed by atoms with Gasteiger partial charge in [-0.1, -0.05) is 13.8 Å². The van der Waals surface area contributed by atoms with Crippen LogP contribution in [-0.2, 0) is 0 Å². The summed E-state index contributed by atoms with van der Waals surface area (Å²) in [5.41, 5.74) is 0.0876. The van der Waals surface area contributed by atoms with Crippen LogP contribution in [0, 0.1) is 0 Å². The van der Waals surface area contributed by atoms with E-state index in [-0.39, 0.29) is 50.4 Å². The molecule has 1 heterocycles. The molecule has 0 saturated carbocycles. The van der Waals surface area contributed by atoms with Crippen LogP contribution in [0.4, 0.5) is 0 Å². The maximum absolute atomic E-state index is 11.5. The van der Waals surface area contributed by atoms with Crippen molar-refractivity contribution < 1.29 is 25.2 Å². The second kappa shape index (κ2) is 8.27. The highest BCUT2D eigenvalue weighted by molar-refractivity contribution is 6.08. The molecule has 3 rings (SSSR count). The van der Waals surface area contributed by atoms with E-state index in [1.165, 1.54) is 18.3 Å². The van der Waals surface area contributed by atoms with Crippen LogP contribution in [0.25, 0.3) is 22.1 Å². The molecular formula is C20H22N4O5. The van der Waals surface area contributed by atoms with Gasteiger partial charge in [-0.2, -0.15) is 0 Å². The molecule has 1 aromatic heterocycles. The van der Waals surface area contributed by atoms with E-state index in [0.29, 0.717) is 6.54 Å². The van der Waals surface area contributed by atoms with Gasteiger partial charge >= 0.3 is 5.97 Å². The quantitative estimate of drug-likeness (QED) is 0.351. The molecule has 152 valence electrons. The third-order valence-corrected chi connectivity index (χ3v) is 4.74. The number of nitrogens with zero attached hydrogens (tertiary/aromatic N) is 4. The van der Waals surface area contributed by atoms with Gasteiger partial charge in [0, 0.05) is 18.8 Å². The molecule has 29 heavy (non-hydrogen) atoms. The fourth-order valence-electron chi connectivity index (χ4n) is 3.08. The van der Waals surface area contributed by atoms with Gasteiger partial charge in [0.25, 0.3) is 0 Å². The van der Waals surface area contributed by atoms with Gasteiger partial charge in [-0.05, 0) is 25.2 Å². The first-order valence-electron chi connectivity index (χ1n) is 9.21. The number of phenolic OH excluding ortho intramolecular Hbond substituents is 3. The number of carboxylic acids is 1. The molecule has 9 nitrogen and oxygen atoms in total. The average Bonchev–Trinajstić information content (AvgIpc) is 2.69. The van der Waals surface area contributed by atoms with E-state index in [1.807, 2.05) is 0 Å². The highest BCUT2D eigenvalue weighted by Gasteiger charge is 2.19. The van der Waals surface area contributed by atoms with Crippen molar-refractivity contribution in [3.8, 4) is 17.2 Å². The Morgan fingerprint density at radius 2 is 1.66 bits per heavy atom. The van der Waals surface area contributed by atoms with Crippen molar-refractivity contribution in [3.05, 3.63) is 29.3 Å². The van der Waals surface area contributed by atoms with E-state index in [2.05, 4.69) is 33.7 Å². The number of aromatic nitrogens is 2. The summed E-state index contributed by atoms with van der Waals surface area (Å²) < 4.78 is 0. The molecule has 0 aliphatic heterocycles. The number of phenols is 3. The zero-order chi connectivity index (χ0) is 21.1. The molecule has 0 atom stereocenters. The van der Waals surface area contributed by atoms with Gasteiger partial charge in [-0.15, -0.1) is 0 Å². The molecule has 0 bridgehead atoms. The van der Waals surface area contributed by atoms with Crippen molar-refractivity contribution in [2.24, 2.45) is 4.99 Å². The molecule has 0 aliphatic carbocycles. The molecule has 4 N–H and O–H groups in total. The van der Waals surface area contributed by atoms with Gasteiger partial charge < -0.3 is 25.3 Å². The van der Waals surface area contributed by atoms with Crippen molar-refractivity contribution in [2.45, 2.75) is 13.8 Å². The van der Waals surface area contributed by atoms with Crippen LogP contribution in [0.5, 0.6) is 17.2 Å². The van der Waals surface area contributed by atoms with E-state index in [1.54, 1.807) is 0 Å². The normalized spacial score (nSPS) is 11.8. The zero-order valence-corrected chi connectivity index (χ0v) is 16.1. The molecule has 0 aliphatic rings. The minimum Gasteiger partial charge on any atom is -0.507 e. The molecule has 0 radical (unpaired) electrons. The highest BCUT2D eigenvalue weighted by Crippen LogP contribution is 2.35. The van der Waals surface area contributed by atoms with Gasteiger partial charge in [-0.3, -0.25) is 4.99 Å². The predicted octanol–water partition coefficient (Wildman–Crippen LogP) is 2.36. The molecule has 9 heteroatoms. The Hall–Kier alpha value is -3.46. The standard InChI is InChI=1S/C20H22N4O5/c1-3-24(4-2)8-7-21-10-12-14(26)9-15(27)19-17(12)23-18-13(25)6-5-11(20(28)29)16(18)22-19/h5-6,9-10,25-27H,3-4,7-8H2,1-2H3,(H,28,29). The number of benzene rings is 2. The summed E-state index contributed by atoms with van der Waals surface area (Å²) in [6.07, 6.45) is 1.44. The third kappa shape index (κ3) is 3.90. The second-order valence-corrected chi connectivity index (χ2v) is 6.45. The van der Waals surface area contributed by atoms with E-state index in [4.69, 9.17) is 0 Å². The molecule has 0 amide bonds. The van der Waals surface area contributed by atoms with Crippen molar-refractivity contribution in [3.63, 3.8) is 0 Å². The Labute approximate surface area is 166 Å². The molecule has 0 unspecified atom stereocenters. The Kier molecular flexibility index (Phi) is 5.79. The van der Waals surface area contributed by atoms with E-state index in [0.717, 1.165) is 25.7 Å². The number of fused-ring (bicyclic) bond motifs is 2. The van der Waals surface area contributed by atoms with E-state index >= 15 is 0 Å². The Balaban J connectivity index is 2.15. The summed E-state index contributed by atoms with van der Waals surface area (Å²) in [6, 6.07) is 3.54. The van der Waals surface area contributed by atoms with E-state index in [9.17, 15) is 25.2 Å². The van der Waals surface area contributed by atoms with Crippen LogP contribution >= 0.6 is 0 Å². The number of hydrogen-bond acceptors (Lipinski definition) is 8. The minimum absolute atomic E-state index is 0.00796. The first kappa shape index (κ1) is 20.3. The molecule has 0 spiro atoms. The molecule has 0 saturated heterocycles. The van der Waals surface area contributed by atoms with Crippen LogP contribution < -0.4 is 0 Å². The summed E-state index contributed by atoms with van der Waals surface area (Å²) in [5.74, 6) is -2.09. The van der Waals surface area contributed by atoms with Crippen LogP contribution in [0.3, 0.4) is 0 Å². The van der Waals surface area contributed by atoms with Crippen molar-refractivity contribution in [1.29, 1.82) is 0 Å². The van der Waals surface area contributed by atoms with Crippen LogP contribution in [0.15, 0.2) is 23.2 Å². The van der Waals surface area contributed by atoms with Gasteiger partial charge in [0.15, 0.2) is 0 Å². The maximum Gasteiger partial charge on any atom is 0.337 e. The Morgan fingerprint density at radius 3 is 2.31 bits per heavy atom. The smallest absolute Gasteiger partial charge is 0.337 e. The van der Waals surface area contributed by atoms with Gasteiger partial charge in [0.05, 0.1) is 17.7 Å². The molecule has 3 aromatic rings. The molecule has 0 fully saturated rings. The fraction of sp³-hybridized carbons (Fsp3) is 0.300. The number of aromatic hydroxyl groups is 3. The van der Waals surface area contributed by atoms with Gasteiger partial charge in [0.2, 0.25) is 0 Å². The molecular weight excluding hydrogens is 376 g/mol. The monoisotopic (exact) mass is 398 g/mol. The largest absolute Gasteiger partial charge is 0.507 e. The molecule has 2 aromatic carbocycles. The Morgan fingerprint density at radius 1 is 1.00 bits per heavy atom. The van der Waals surface area contributed by atoms with Gasteiger partial charge in [-0.25, -0.2) is 14.8 Å². The summed E-state index contributed by atoms with van der Waals surface area (Å²) in [5, 5.41) is 40.0. The summed E-state index contributed by atoms with van der Waals surface area (Å²) in [7, 11) is 0. The SMILES string of the molecule is CCN(CC)CCN=Cc1c(O)cc(O)c2nc3c(C(=O)O)ccc(O)c3nc12. The first-order valence-corrected chi connectivity index (χ1v) is 9.21. The lowest BCUT2D eigenvalue weighted by Gasteiger charge is -2.15. The minimum atomic E-state index is -1.24. The first-order chi connectivity index (χ1) is 13.9. The fourth-order valence-corrected chi connectivity index (χ4v) is 3.08. The maximum atomic E-state index is 11.5. The number of rotatable bonds is 7. The summed E-state index contributed by atoms with van der Waals surface area (Å²) >= 11 is 0. The number of aromatic carboxylic acids is 1. The number of hydrogen-bond donors (Lipinski definition) is 4. The Bertz CT molecular complexity index is 1110. The van der Waals surface area contributed by atoms with Crippen LogP contribution in [0.2, 0.25) is 0 Å². The predicted molar refractivity (Wildman–Crippen MR) is 109 cm³/mol. The lowest BCUT2D eigenvalue weighted by molar-refractivity contribution is 0.0699. The van der Waals surface area contributed by atoms with Crippen LogP contribution in [0.1, 0.15) is 29.8 Å². The summed E-state index contributed by atoms with van der Waals surface area (Å²) in [6.45, 7) is 7.18. The highest BCUT2D eigenvalue weighted by atomic mass is 16.4. The zero-order valence-electron chi connectivity index (χ0n) is 16.1. The van der Waals surface area contributed by atoms with E-state index < -0.39 is 5.97 Å². The number of aliphatic imine (C=N–C) groups is 1. The van der Waals surface area contributed by atoms with Crippen molar-refractivity contribution in [2.75, 3.05) is 26.2 Å². The topological polar surface area (TPSA) is 139 Å². The van der Waals surface area contributed by atoms with Crippen LogP contribution in [-0.4, -0.2) is 73.7 Å².